The van der Waals surface area contributed by atoms with Gasteiger partial charge in [-0.2, -0.15) is 0 Å². The summed E-state index contributed by atoms with van der Waals surface area (Å²) in [7, 11) is 0. The molecular formula is C33H31NO4. The number of rotatable bonds is 10. The van der Waals surface area contributed by atoms with E-state index in [1.807, 2.05) is 66.7 Å². The molecule has 0 saturated heterocycles. The Morgan fingerprint density at radius 1 is 0.789 bits per heavy atom. The largest absolute Gasteiger partial charge is 0.481 e. The van der Waals surface area contributed by atoms with Crippen molar-refractivity contribution in [3.63, 3.8) is 0 Å². The van der Waals surface area contributed by atoms with Gasteiger partial charge < -0.3 is 15.2 Å². The number of nitrogens with one attached hydrogen (secondary N) is 1. The molecule has 1 aliphatic rings. The third-order valence-electron chi connectivity index (χ3n) is 7.05. The number of carbonyl (C=O) groups is 2. The van der Waals surface area contributed by atoms with Crippen LogP contribution in [0.2, 0.25) is 0 Å². The van der Waals surface area contributed by atoms with Crippen molar-refractivity contribution in [3.05, 3.63) is 119 Å². The molecule has 5 rings (SSSR count). The van der Waals surface area contributed by atoms with Gasteiger partial charge in [-0.25, -0.2) is 0 Å². The van der Waals surface area contributed by atoms with Crippen LogP contribution in [0, 0.1) is 0 Å². The first kappa shape index (κ1) is 25.3. The number of fused-ring (bicyclic) bond motifs is 3. The molecule has 0 bridgehead atoms. The molecule has 0 aromatic heterocycles. The standard InChI is InChI=1S/C33H31NO4/c35-31(36)15-9-1-2-10-22-34-32(37)25-16-18-28-24(23-25)17-19-30-29(28)20-21-33(38-30,26-11-5-3-6-12-26)27-13-7-4-8-14-27/h3-8,11-14,16-21,23H,1-2,9-10,15,22H2,(H,34,37)(H,35,36). The minimum Gasteiger partial charge on any atom is -0.481 e. The Hall–Kier alpha value is -4.38. The van der Waals surface area contributed by atoms with Crippen molar-refractivity contribution >= 4 is 28.7 Å². The summed E-state index contributed by atoms with van der Waals surface area (Å²) in [5, 5.41) is 13.7. The van der Waals surface area contributed by atoms with E-state index in [0.717, 1.165) is 52.5 Å². The fourth-order valence-electron chi connectivity index (χ4n) is 5.05. The van der Waals surface area contributed by atoms with Crippen molar-refractivity contribution in [1.82, 2.24) is 5.32 Å². The summed E-state index contributed by atoms with van der Waals surface area (Å²) in [5.74, 6) is -0.0634. The number of hydrogen-bond donors (Lipinski definition) is 2. The van der Waals surface area contributed by atoms with Crippen molar-refractivity contribution in [2.45, 2.75) is 37.7 Å². The molecule has 0 spiro atoms. The Morgan fingerprint density at radius 3 is 2.16 bits per heavy atom. The second-order valence-electron chi connectivity index (χ2n) is 9.63. The van der Waals surface area contributed by atoms with Gasteiger partial charge in [0.2, 0.25) is 0 Å². The van der Waals surface area contributed by atoms with E-state index in [9.17, 15) is 9.59 Å². The van der Waals surface area contributed by atoms with Gasteiger partial charge in [-0.3, -0.25) is 9.59 Å². The van der Waals surface area contributed by atoms with Crippen LogP contribution in [0.15, 0.2) is 97.1 Å². The molecule has 4 aromatic carbocycles. The molecule has 0 aliphatic carbocycles. The highest BCUT2D eigenvalue weighted by molar-refractivity contribution is 6.01. The smallest absolute Gasteiger partial charge is 0.303 e. The molecule has 38 heavy (non-hydrogen) atoms. The molecule has 0 radical (unpaired) electrons. The minimum absolute atomic E-state index is 0.103. The van der Waals surface area contributed by atoms with E-state index in [0.29, 0.717) is 18.5 Å². The molecule has 1 aliphatic heterocycles. The number of benzene rings is 4. The number of hydrogen-bond acceptors (Lipinski definition) is 3. The molecule has 0 atom stereocenters. The quantitative estimate of drug-likeness (QED) is 0.229. The van der Waals surface area contributed by atoms with Crippen molar-refractivity contribution in [1.29, 1.82) is 0 Å². The number of ether oxygens (including phenoxy) is 1. The van der Waals surface area contributed by atoms with Gasteiger partial charge in [0, 0.05) is 35.2 Å². The number of amides is 1. The van der Waals surface area contributed by atoms with Crippen LogP contribution >= 0.6 is 0 Å². The monoisotopic (exact) mass is 505 g/mol. The predicted molar refractivity (Wildman–Crippen MR) is 150 cm³/mol. The van der Waals surface area contributed by atoms with E-state index in [2.05, 4.69) is 41.7 Å². The second kappa shape index (κ2) is 11.3. The molecule has 0 fully saturated rings. The highest BCUT2D eigenvalue weighted by atomic mass is 16.5. The molecule has 1 amide bonds. The van der Waals surface area contributed by atoms with Crippen LogP contribution in [-0.4, -0.2) is 23.5 Å². The van der Waals surface area contributed by atoms with E-state index in [1.54, 1.807) is 0 Å². The molecule has 1 heterocycles. The van der Waals surface area contributed by atoms with E-state index in [1.165, 1.54) is 0 Å². The highest BCUT2D eigenvalue weighted by Gasteiger charge is 2.37. The predicted octanol–water partition coefficient (Wildman–Crippen LogP) is 6.95. The summed E-state index contributed by atoms with van der Waals surface area (Å²) in [6.07, 6.45) is 7.72. The van der Waals surface area contributed by atoms with Gasteiger partial charge in [0.1, 0.15) is 5.75 Å². The summed E-state index contributed by atoms with van der Waals surface area (Å²) in [4.78, 5) is 23.3. The SMILES string of the molecule is O=C(O)CCCCCCNC(=O)c1ccc2c3c(ccc2c1)OC(c1ccccc1)(c1ccccc1)C=C3. The lowest BCUT2D eigenvalue weighted by molar-refractivity contribution is -0.137. The molecule has 5 nitrogen and oxygen atoms in total. The van der Waals surface area contributed by atoms with E-state index in [-0.39, 0.29) is 12.3 Å². The van der Waals surface area contributed by atoms with Crippen LogP contribution in [0.3, 0.4) is 0 Å². The number of carboxylic acid groups (broad SMARTS) is 1. The van der Waals surface area contributed by atoms with E-state index in [4.69, 9.17) is 9.84 Å². The summed E-state index contributed by atoms with van der Waals surface area (Å²) >= 11 is 0. The maximum Gasteiger partial charge on any atom is 0.303 e. The average Bonchev–Trinajstić information content (AvgIpc) is 2.96. The first-order valence-electron chi connectivity index (χ1n) is 13.1. The summed E-state index contributed by atoms with van der Waals surface area (Å²) in [6.45, 7) is 0.575. The van der Waals surface area contributed by atoms with Gasteiger partial charge in [0.25, 0.3) is 5.91 Å². The minimum atomic E-state index is -0.760. The zero-order valence-electron chi connectivity index (χ0n) is 21.2. The van der Waals surface area contributed by atoms with Crippen molar-refractivity contribution in [2.24, 2.45) is 0 Å². The third kappa shape index (κ3) is 5.32. The van der Waals surface area contributed by atoms with Crippen LogP contribution in [-0.2, 0) is 10.4 Å². The van der Waals surface area contributed by atoms with E-state index >= 15 is 0 Å². The van der Waals surface area contributed by atoms with Crippen LogP contribution in [0.5, 0.6) is 5.75 Å². The fraction of sp³-hybridized carbons (Fsp3) is 0.212. The zero-order valence-corrected chi connectivity index (χ0v) is 21.2. The number of aliphatic carboxylic acids is 1. The second-order valence-corrected chi connectivity index (χ2v) is 9.63. The summed E-state index contributed by atoms with van der Waals surface area (Å²) in [6, 6.07) is 30.2. The van der Waals surface area contributed by atoms with Gasteiger partial charge in [0.15, 0.2) is 5.60 Å². The topological polar surface area (TPSA) is 75.6 Å². The lowest BCUT2D eigenvalue weighted by Gasteiger charge is -2.36. The normalized spacial score (nSPS) is 13.5. The fourth-order valence-corrected chi connectivity index (χ4v) is 5.05. The summed E-state index contributed by atoms with van der Waals surface area (Å²) in [5.41, 5.74) is 3.01. The Balaban J connectivity index is 1.34. The van der Waals surface area contributed by atoms with Crippen molar-refractivity contribution in [3.8, 4) is 5.75 Å². The van der Waals surface area contributed by atoms with E-state index < -0.39 is 11.6 Å². The Kier molecular flexibility index (Phi) is 7.55. The number of carboxylic acids is 1. The molecule has 0 unspecified atom stereocenters. The van der Waals surface area contributed by atoms with Crippen molar-refractivity contribution in [2.75, 3.05) is 6.54 Å². The van der Waals surface area contributed by atoms with Gasteiger partial charge >= 0.3 is 5.97 Å². The maximum absolute atomic E-state index is 12.7. The highest BCUT2D eigenvalue weighted by Crippen LogP contribution is 2.44. The van der Waals surface area contributed by atoms with Crippen LogP contribution in [0.25, 0.3) is 16.8 Å². The van der Waals surface area contributed by atoms with Gasteiger partial charge in [-0.05, 0) is 54.0 Å². The van der Waals surface area contributed by atoms with Crippen molar-refractivity contribution < 1.29 is 19.4 Å². The molecule has 5 heteroatoms. The summed E-state index contributed by atoms with van der Waals surface area (Å²) < 4.78 is 6.79. The van der Waals surface area contributed by atoms with Crippen LogP contribution in [0.4, 0.5) is 0 Å². The zero-order chi connectivity index (χ0) is 26.4. The lowest BCUT2D eigenvalue weighted by Crippen LogP contribution is -2.34. The first-order valence-corrected chi connectivity index (χ1v) is 13.1. The van der Waals surface area contributed by atoms with Crippen LogP contribution < -0.4 is 10.1 Å². The molecule has 0 saturated carbocycles. The Labute approximate surface area is 222 Å². The molecule has 2 N–H and O–H groups in total. The number of carbonyl (C=O) groups excluding carboxylic acids is 1. The molecule has 4 aromatic rings. The first-order chi connectivity index (χ1) is 18.6. The van der Waals surface area contributed by atoms with Crippen LogP contribution in [0.1, 0.15) is 59.2 Å². The maximum atomic E-state index is 12.7. The average molecular weight is 506 g/mol. The van der Waals surface area contributed by atoms with Gasteiger partial charge in [-0.1, -0.05) is 85.6 Å². The molecular weight excluding hydrogens is 474 g/mol. The Morgan fingerprint density at radius 2 is 1.47 bits per heavy atom. The van der Waals surface area contributed by atoms with Gasteiger partial charge in [0.05, 0.1) is 0 Å². The lowest BCUT2D eigenvalue weighted by atomic mass is 9.83. The third-order valence-corrected chi connectivity index (χ3v) is 7.05. The molecule has 192 valence electrons. The van der Waals surface area contributed by atoms with Gasteiger partial charge in [-0.15, -0.1) is 0 Å². The Bertz CT molecular complexity index is 1420. The number of unbranched alkanes of at least 4 members (excludes halogenated alkanes) is 3.